The average Bonchev–Trinajstić information content (AvgIpc) is 2.97. The molecule has 0 aliphatic heterocycles. The first-order chi connectivity index (χ1) is 14.5. The molecule has 0 aliphatic carbocycles. The summed E-state index contributed by atoms with van der Waals surface area (Å²) in [5.41, 5.74) is -1.85. The van der Waals surface area contributed by atoms with E-state index in [-0.39, 0.29) is 28.0 Å². The zero-order valence-electron chi connectivity index (χ0n) is 17.2. The molecule has 1 unspecified atom stereocenters. The maximum Gasteiger partial charge on any atom is 0.387 e. The molecule has 7 nitrogen and oxygen atoms in total. The highest BCUT2D eigenvalue weighted by molar-refractivity contribution is 5.94. The molecule has 1 atom stereocenters. The Balaban J connectivity index is 2.37. The molecule has 0 saturated carbocycles. The molecule has 10 heteroatoms. The quantitative estimate of drug-likeness (QED) is 0.594. The highest BCUT2D eigenvalue weighted by atomic mass is 19.3. The van der Waals surface area contributed by atoms with E-state index < -0.39 is 35.7 Å². The summed E-state index contributed by atoms with van der Waals surface area (Å²) in [7, 11) is 1.20. The SMILES string of the molecule is COC(=O)c1ccc2c(c1)n(C(C)C(C)(C)O)c(=O)n2-c1cc(OC(F)F)ccc1F. The molecule has 166 valence electrons. The van der Waals surface area contributed by atoms with Gasteiger partial charge in [-0.05, 0) is 51.1 Å². The van der Waals surface area contributed by atoms with Crippen LogP contribution in [-0.4, -0.2) is 39.5 Å². The maximum absolute atomic E-state index is 14.7. The summed E-state index contributed by atoms with van der Waals surface area (Å²) in [6, 6.07) is 6.31. The Hall–Kier alpha value is -3.27. The van der Waals surface area contributed by atoms with E-state index >= 15 is 0 Å². The highest BCUT2D eigenvalue weighted by Gasteiger charge is 2.30. The molecule has 0 bridgehead atoms. The number of nitrogens with zero attached hydrogens (tertiary/aromatic N) is 2. The smallest absolute Gasteiger partial charge is 0.387 e. The monoisotopic (exact) mass is 438 g/mol. The summed E-state index contributed by atoms with van der Waals surface area (Å²) >= 11 is 0. The van der Waals surface area contributed by atoms with Crippen molar-refractivity contribution in [2.75, 3.05) is 7.11 Å². The summed E-state index contributed by atoms with van der Waals surface area (Å²) in [6.07, 6.45) is 0. The second kappa shape index (κ2) is 8.10. The van der Waals surface area contributed by atoms with Gasteiger partial charge in [-0.2, -0.15) is 8.78 Å². The lowest BCUT2D eigenvalue weighted by Crippen LogP contribution is -2.37. The number of aliphatic hydroxyl groups is 1. The zero-order chi connectivity index (χ0) is 23.1. The Morgan fingerprint density at radius 3 is 2.39 bits per heavy atom. The number of rotatable bonds is 6. The highest BCUT2D eigenvalue weighted by Crippen LogP contribution is 2.29. The van der Waals surface area contributed by atoms with Crippen LogP contribution in [0.15, 0.2) is 41.2 Å². The fourth-order valence-electron chi connectivity index (χ4n) is 3.23. The topological polar surface area (TPSA) is 82.7 Å². The number of halogens is 3. The molecule has 0 radical (unpaired) electrons. The number of carbonyl (C=O) groups excluding carboxylic acids is 1. The fourth-order valence-corrected chi connectivity index (χ4v) is 3.23. The number of methoxy groups -OCH3 is 1. The minimum atomic E-state index is -3.13. The molecule has 1 N–H and O–H groups in total. The predicted octanol–water partition coefficient (Wildman–Crippen LogP) is 3.65. The molecule has 0 amide bonds. The first kappa shape index (κ1) is 22.4. The summed E-state index contributed by atoms with van der Waals surface area (Å²) in [5.74, 6) is -1.83. The zero-order valence-corrected chi connectivity index (χ0v) is 17.2. The number of fused-ring (bicyclic) bond motifs is 1. The van der Waals surface area contributed by atoms with Crippen molar-refractivity contribution < 1.29 is 32.5 Å². The normalized spacial score (nSPS) is 12.9. The first-order valence-corrected chi connectivity index (χ1v) is 9.28. The number of imidazole rings is 1. The third kappa shape index (κ3) is 4.15. The van der Waals surface area contributed by atoms with Gasteiger partial charge in [0, 0.05) is 6.07 Å². The van der Waals surface area contributed by atoms with Crippen LogP contribution < -0.4 is 10.4 Å². The van der Waals surface area contributed by atoms with Crippen LogP contribution in [0.2, 0.25) is 0 Å². The van der Waals surface area contributed by atoms with Gasteiger partial charge in [-0.1, -0.05) is 0 Å². The van der Waals surface area contributed by atoms with Gasteiger partial charge in [0.05, 0.1) is 41.0 Å². The van der Waals surface area contributed by atoms with Crippen LogP contribution in [0.4, 0.5) is 13.2 Å². The summed E-state index contributed by atoms with van der Waals surface area (Å²) in [5, 5.41) is 10.5. The molecule has 31 heavy (non-hydrogen) atoms. The van der Waals surface area contributed by atoms with Crippen LogP contribution >= 0.6 is 0 Å². The van der Waals surface area contributed by atoms with E-state index in [0.29, 0.717) is 0 Å². The van der Waals surface area contributed by atoms with Crippen molar-refractivity contribution in [3.8, 4) is 11.4 Å². The second-order valence-corrected chi connectivity index (χ2v) is 7.50. The molecule has 3 aromatic rings. The molecular weight excluding hydrogens is 417 g/mol. The molecule has 1 aromatic heterocycles. The van der Waals surface area contributed by atoms with E-state index in [4.69, 9.17) is 4.74 Å². The lowest BCUT2D eigenvalue weighted by atomic mass is 10.0. The van der Waals surface area contributed by atoms with Gasteiger partial charge in [0.1, 0.15) is 11.6 Å². The van der Waals surface area contributed by atoms with Gasteiger partial charge < -0.3 is 14.6 Å². The average molecular weight is 438 g/mol. The largest absolute Gasteiger partial charge is 0.465 e. The number of ether oxygens (including phenoxy) is 2. The van der Waals surface area contributed by atoms with Crippen molar-refractivity contribution in [1.82, 2.24) is 9.13 Å². The minimum absolute atomic E-state index is 0.138. The standard InChI is InChI=1S/C21H21F3N2O5/c1-11(21(2,3)29)25-17-9-12(18(27)30-4)5-8-15(17)26(20(25)28)16-10-13(31-19(23)24)6-7-14(16)22/h5-11,19,29H,1-4H3. The molecule has 0 aliphatic rings. The fraction of sp³-hybridized carbons (Fsp3) is 0.333. The minimum Gasteiger partial charge on any atom is -0.465 e. The number of alkyl halides is 2. The van der Waals surface area contributed by atoms with E-state index in [0.717, 1.165) is 22.8 Å². The molecule has 3 rings (SSSR count). The Morgan fingerprint density at radius 1 is 1.13 bits per heavy atom. The summed E-state index contributed by atoms with van der Waals surface area (Å²) < 4.78 is 51.2. The van der Waals surface area contributed by atoms with Crippen molar-refractivity contribution in [2.24, 2.45) is 0 Å². The van der Waals surface area contributed by atoms with Crippen LogP contribution in [0.3, 0.4) is 0 Å². The van der Waals surface area contributed by atoms with Gasteiger partial charge >= 0.3 is 18.3 Å². The second-order valence-electron chi connectivity index (χ2n) is 7.50. The van der Waals surface area contributed by atoms with Crippen LogP contribution in [0.5, 0.6) is 5.75 Å². The number of hydrogen-bond acceptors (Lipinski definition) is 5. The van der Waals surface area contributed by atoms with Crippen molar-refractivity contribution in [3.05, 3.63) is 58.3 Å². The maximum atomic E-state index is 14.7. The van der Waals surface area contributed by atoms with Gasteiger partial charge in [0.2, 0.25) is 0 Å². The Morgan fingerprint density at radius 2 is 1.81 bits per heavy atom. The molecule has 0 fully saturated rings. The third-order valence-corrected chi connectivity index (χ3v) is 5.09. The van der Waals surface area contributed by atoms with E-state index in [9.17, 15) is 27.9 Å². The van der Waals surface area contributed by atoms with Crippen molar-refractivity contribution in [2.45, 2.75) is 39.0 Å². The van der Waals surface area contributed by atoms with Crippen molar-refractivity contribution in [3.63, 3.8) is 0 Å². The van der Waals surface area contributed by atoms with Crippen LogP contribution in [-0.2, 0) is 4.74 Å². The van der Waals surface area contributed by atoms with E-state index in [1.807, 2.05) is 0 Å². The molecule has 1 heterocycles. The number of benzene rings is 2. The Kier molecular flexibility index (Phi) is 5.86. The van der Waals surface area contributed by atoms with Gasteiger partial charge in [0.25, 0.3) is 0 Å². The van der Waals surface area contributed by atoms with Gasteiger partial charge in [-0.3, -0.25) is 9.13 Å². The molecule has 0 spiro atoms. The lowest BCUT2D eigenvalue weighted by molar-refractivity contribution is -0.0498. The van der Waals surface area contributed by atoms with E-state index in [2.05, 4.69) is 4.74 Å². The Labute approximate surface area is 175 Å². The van der Waals surface area contributed by atoms with Crippen molar-refractivity contribution in [1.29, 1.82) is 0 Å². The number of aromatic nitrogens is 2. The lowest BCUT2D eigenvalue weighted by Gasteiger charge is -2.27. The van der Waals surface area contributed by atoms with Crippen LogP contribution in [0.25, 0.3) is 16.7 Å². The molecule has 2 aromatic carbocycles. The summed E-state index contributed by atoms with van der Waals surface area (Å²) in [4.78, 5) is 25.3. The number of hydrogen-bond donors (Lipinski definition) is 1. The molecular formula is C21H21F3N2O5. The third-order valence-electron chi connectivity index (χ3n) is 5.09. The van der Waals surface area contributed by atoms with E-state index in [1.165, 1.54) is 43.7 Å². The van der Waals surface area contributed by atoms with Gasteiger partial charge in [0.15, 0.2) is 0 Å². The Bertz CT molecular complexity index is 1190. The first-order valence-electron chi connectivity index (χ1n) is 9.28. The summed E-state index contributed by atoms with van der Waals surface area (Å²) in [6.45, 7) is 1.45. The number of esters is 1. The van der Waals surface area contributed by atoms with Crippen molar-refractivity contribution >= 4 is 17.0 Å². The predicted molar refractivity (Wildman–Crippen MR) is 106 cm³/mol. The van der Waals surface area contributed by atoms with Gasteiger partial charge in [-0.15, -0.1) is 0 Å². The molecule has 0 saturated heterocycles. The van der Waals surface area contributed by atoms with Gasteiger partial charge in [-0.25, -0.2) is 14.0 Å². The van der Waals surface area contributed by atoms with Crippen LogP contribution in [0, 0.1) is 5.82 Å². The van der Waals surface area contributed by atoms with E-state index in [1.54, 1.807) is 6.92 Å². The van der Waals surface area contributed by atoms with Crippen LogP contribution in [0.1, 0.15) is 37.2 Å². The number of carbonyl (C=O) groups is 1.